The van der Waals surface area contributed by atoms with E-state index in [0.717, 1.165) is 31.3 Å². The van der Waals surface area contributed by atoms with E-state index in [9.17, 15) is 4.79 Å². The molecule has 0 spiro atoms. The number of hydrogen-bond acceptors (Lipinski definition) is 2. The first-order valence-electron chi connectivity index (χ1n) is 6.52. The van der Waals surface area contributed by atoms with Crippen LogP contribution in [0.5, 0.6) is 0 Å². The van der Waals surface area contributed by atoms with E-state index >= 15 is 0 Å². The van der Waals surface area contributed by atoms with Crippen molar-refractivity contribution >= 4 is 5.78 Å². The maximum Gasteiger partial charge on any atom is 0.189 e. The first-order chi connectivity index (χ1) is 7.64. The van der Waals surface area contributed by atoms with E-state index in [0.29, 0.717) is 6.61 Å². The Kier molecular flexibility index (Phi) is 5.20. The monoisotopic (exact) mass is 224 g/mol. The smallest absolute Gasteiger partial charge is 0.189 e. The quantitative estimate of drug-likeness (QED) is 0.712. The van der Waals surface area contributed by atoms with Crippen molar-refractivity contribution < 1.29 is 9.53 Å². The number of carbonyl (C=O) groups is 1. The number of ether oxygens (including phenoxy) is 1. The maximum atomic E-state index is 12.4. The summed E-state index contributed by atoms with van der Waals surface area (Å²) in [7, 11) is 0. The number of allylic oxidation sites excluding steroid dienone is 1. The molecule has 0 bridgehead atoms. The Labute approximate surface area is 99.1 Å². The molecule has 1 unspecified atom stereocenters. The average Bonchev–Trinajstić information content (AvgIpc) is 2.56. The van der Waals surface area contributed by atoms with E-state index in [1.165, 1.54) is 12.8 Å². The van der Waals surface area contributed by atoms with Crippen LogP contribution in [0.3, 0.4) is 0 Å². The molecule has 0 radical (unpaired) electrons. The van der Waals surface area contributed by atoms with E-state index in [2.05, 4.69) is 6.08 Å². The lowest BCUT2D eigenvalue weighted by Crippen LogP contribution is -2.38. The Morgan fingerprint density at radius 1 is 1.38 bits per heavy atom. The molecule has 16 heavy (non-hydrogen) atoms. The third-order valence-electron chi connectivity index (χ3n) is 3.45. The largest absolute Gasteiger partial charge is 0.367 e. The van der Waals surface area contributed by atoms with Crippen molar-refractivity contribution in [1.82, 2.24) is 0 Å². The predicted octanol–water partition coefficient (Wildman–Crippen LogP) is 3.65. The van der Waals surface area contributed by atoms with Gasteiger partial charge in [0.05, 0.1) is 0 Å². The fourth-order valence-corrected chi connectivity index (χ4v) is 2.21. The van der Waals surface area contributed by atoms with Crippen LogP contribution in [0.1, 0.15) is 59.3 Å². The van der Waals surface area contributed by atoms with Crippen molar-refractivity contribution in [2.75, 3.05) is 6.61 Å². The van der Waals surface area contributed by atoms with E-state index in [1.807, 2.05) is 20.8 Å². The van der Waals surface area contributed by atoms with Gasteiger partial charge >= 0.3 is 0 Å². The summed E-state index contributed by atoms with van der Waals surface area (Å²) in [5.74, 6) is 0.207. The van der Waals surface area contributed by atoms with E-state index in [1.54, 1.807) is 0 Å². The first kappa shape index (κ1) is 13.4. The van der Waals surface area contributed by atoms with Crippen molar-refractivity contribution in [2.45, 2.75) is 64.9 Å². The lowest BCUT2D eigenvalue weighted by Gasteiger charge is -2.27. The molecular formula is C14H24O2. The minimum Gasteiger partial charge on any atom is -0.367 e. The molecular weight excluding hydrogens is 200 g/mol. The highest BCUT2D eigenvalue weighted by molar-refractivity contribution is 6.01. The summed E-state index contributed by atoms with van der Waals surface area (Å²) in [6.07, 6.45) is 8.45. The Bertz CT molecular complexity index is 268. The highest BCUT2D eigenvalue weighted by atomic mass is 16.5. The van der Waals surface area contributed by atoms with Gasteiger partial charge in [-0.3, -0.25) is 4.79 Å². The Morgan fingerprint density at radius 2 is 2.12 bits per heavy atom. The summed E-state index contributed by atoms with van der Waals surface area (Å²) in [6, 6.07) is 0. The average molecular weight is 224 g/mol. The standard InChI is InChI=1S/C14H24O2/c1-4-14(3,16-5-2)13(15)12-10-8-6-7-9-11-12/h10H,4-9,11H2,1-3H3. The molecule has 2 heteroatoms. The van der Waals surface area contributed by atoms with Gasteiger partial charge in [-0.25, -0.2) is 0 Å². The van der Waals surface area contributed by atoms with Crippen LogP contribution in [0.25, 0.3) is 0 Å². The normalized spacial score (nSPS) is 20.8. The number of Topliss-reactive ketones (excluding diaryl/α,β-unsaturated/α-hetero) is 1. The van der Waals surface area contributed by atoms with Gasteiger partial charge < -0.3 is 4.74 Å². The van der Waals surface area contributed by atoms with Crippen LogP contribution < -0.4 is 0 Å². The second-order valence-corrected chi connectivity index (χ2v) is 4.68. The molecule has 0 heterocycles. The Morgan fingerprint density at radius 3 is 2.75 bits per heavy atom. The van der Waals surface area contributed by atoms with E-state index in [4.69, 9.17) is 4.74 Å². The SMILES string of the molecule is CCOC(C)(CC)C(=O)C1=CCCCCC1. The fourth-order valence-electron chi connectivity index (χ4n) is 2.21. The van der Waals surface area contributed by atoms with E-state index in [-0.39, 0.29) is 5.78 Å². The molecule has 0 saturated carbocycles. The summed E-state index contributed by atoms with van der Waals surface area (Å²) >= 11 is 0. The Hall–Kier alpha value is -0.630. The number of carbonyl (C=O) groups excluding carboxylic acids is 1. The van der Waals surface area contributed by atoms with Crippen molar-refractivity contribution in [3.63, 3.8) is 0 Å². The van der Waals surface area contributed by atoms with Crippen LogP contribution in [0, 0.1) is 0 Å². The number of ketones is 1. The molecule has 1 aliphatic carbocycles. The van der Waals surface area contributed by atoms with Gasteiger partial charge in [0.1, 0.15) is 5.60 Å². The minimum absolute atomic E-state index is 0.207. The van der Waals surface area contributed by atoms with Crippen molar-refractivity contribution in [3.8, 4) is 0 Å². The molecule has 0 aliphatic heterocycles. The summed E-state index contributed by atoms with van der Waals surface area (Å²) in [6.45, 7) is 6.49. The highest BCUT2D eigenvalue weighted by Gasteiger charge is 2.33. The summed E-state index contributed by atoms with van der Waals surface area (Å²) < 4.78 is 5.64. The summed E-state index contributed by atoms with van der Waals surface area (Å²) in [5.41, 5.74) is 0.389. The summed E-state index contributed by atoms with van der Waals surface area (Å²) in [5, 5.41) is 0. The molecule has 92 valence electrons. The van der Waals surface area contributed by atoms with E-state index < -0.39 is 5.60 Å². The highest BCUT2D eigenvalue weighted by Crippen LogP contribution is 2.26. The molecule has 1 aliphatic rings. The van der Waals surface area contributed by atoms with Gasteiger partial charge in [0, 0.05) is 6.61 Å². The lowest BCUT2D eigenvalue weighted by molar-refractivity contribution is -0.138. The molecule has 0 amide bonds. The molecule has 0 aromatic heterocycles. The molecule has 1 rings (SSSR count). The topological polar surface area (TPSA) is 26.3 Å². The third-order valence-corrected chi connectivity index (χ3v) is 3.45. The van der Waals surface area contributed by atoms with Crippen LogP contribution in [0.15, 0.2) is 11.6 Å². The van der Waals surface area contributed by atoms with Crippen molar-refractivity contribution in [3.05, 3.63) is 11.6 Å². The van der Waals surface area contributed by atoms with Crippen molar-refractivity contribution in [1.29, 1.82) is 0 Å². The first-order valence-corrected chi connectivity index (χ1v) is 6.52. The number of rotatable bonds is 5. The molecule has 0 saturated heterocycles. The zero-order valence-corrected chi connectivity index (χ0v) is 10.8. The van der Waals surface area contributed by atoms with Gasteiger partial charge in [-0.1, -0.05) is 19.4 Å². The molecule has 0 aromatic rings. The maximum absolute atomic E-state index is 12.4. The molecule has 0 N–H and O–H groups in total. The van der Waals surface area contributed by atoms with Gasteiger partial charge in [-0.15, -0.1) is 0 Å². The van der Waals surface area contributed by atoms with Crippen LogP contribution >= 0.6 is 0 Å². The second-order valence-electron chi connectivity index (χ2n) is 4.68. The predicted molar refractivity (Wildman–Crippen MR) is 66.5 cm³/mol. The molecule has 0 fully saturated rings. The molecule has 1 atom stereocenters. The fraction of sp³-hybridized carbons (Fsp3) is 0.786. The third kappa shape index (κ3) is 3.18. The second kappa shape index (κ2) is 6.19. The van der Waals surface area contributed by atoms with Crippen LogP contribution in [-0.4, -0.2) is 18.0 Å². The Balaban J connectivity index is 2.77. The number of hydrogen-bond donors (Lipinski definition) is 0. The van der Waals surface area contributed by atoms with Gasteiger partial charge in [0.25, 0.3) is 0 Å². The zero-order chi connectivity index (χ0) is 12.0. The van der Waals surface area contributed by atoms with Crippen LogP contribution in [-0.2, 0) is 9.53 Å². The molecule has 0 aromatic carbocycles. The van der Waals surface area contributed by atoms with Gasteiger partial charge in [-0.2, -0.15) is 0 Å². The van der Waals surface area contributed by atoms with Gasteiger partial charge in [0.2, 0.25) is 0 Å². The molecule has 2 nitrogen and oxygen atoms in total. The van der Waals surface area contributed by atoms with Crippen LogP contribution in [0.2, 0.25) is 0 Å². The zero-order valence-electron chi connectivity index (χ0n) is 10.8. The van der Waals surface area contributed by atoms with Crippen LogP contribution in [0.4, 0.5) is 0 Å². The minimum atomic E-state index is -0.606. The summed E-state index contributed by atoms with van der Waals surface area (Å²) in [4.78, 5) is 12.4. The van der Waals surface area contributed by atoms with Gasteiger partial charge in [-0.05, 0) is 51.5 Å². The lowest BCUT2D eigenvalue weighted by atomic mass is 9.89. The van der Waals surface area contributed by atoms with Gasteiger partial charge in [0.15, 0.2) is 5.78 Å². The van der Waals surface area contributed by atoms with Crippen molar-refractivity contribution in [2.24, 2.45) is 0 Å².